The first-order chi connectivity index (χ1) is 9.11. The van der Waals surface area contributed by atoms with Gasteiger partial charge in [-0.3, -0.25) is 9.59 Å². The van der Waals surface area contributed by atoms with Crippen LogP contribution in [0.2, 0.25) is 0 Å². The van der Waals surface area contributed by atoms with Gasteiger partial charge in [-0.1, -0.05) is 12.1 Å². The largest absolute Gasteiger partial charge is 0.366 e. The highest BCUT2D eigenvalue weighted by Crippen LogP contribution is 2.34. The Morgan fingerprint density at radius 3 is 2.68 bits per heavy atom. The molecule has 4 nitrogen and oxygen atoms in total. The number of halogens is 1. The second kappa shape index (κ2) is 4.20. The van der Waals surface area contributed by atoms with Crippen molar-refractivity contribution in [3.05, 3.63) is 45.9 Å². The predicted molar refractivity (Wildman–Crippen MR) is 77.4 cm³/mol. The van der Waals surface area contributed by atoms with Crippen LogP contribution in [-0.2, 0) is 0 Å². The summed E-state index contributed by atoms with van der Waals surface area (Å²) in [6, 6.07) is 8.85. The van der Waals surface area contributed by atoms with Gasteiger partial charge in [0.05, 0.1) is 5.56 Å². The summed E-state index contributed by atoms with van der Waals surface area (Å²) >= 11 is 3.43. The van der Waals surface area contributed by atoms with Crippen molar-refractivity contribution in [1.29, 1.82) is 0 Å². The zero-order valence-electron chi connectivity index (χ0n) is 9.74. The maximum Gasteiger partial charge on any atom is 0.249 e. The number of aldehydes is 1. The third kappa shape index (κ3) is 1.74. The lowest BCUT2D eigenvalue weighted by Crippen LogP contribution is -2.11. The van der Waals surface area contributed by atoms with Crippen molar-refractivity contribution >= 4 is 49.9 Å². The van der Waals surface area contributed by atoms with Gasteiger partial charge in [-0.2, -0.15) is 0 Å². The number of rotatable bonds is 2. The summed E-state index contributed by atoms with van der Waals surface area (Å²) in [5.74, 6) is -0.479. The van der Waals surface area contributed by atoms with Crippen molar-refractivity contribution in [3.63, 3.8) is 0 Å². The van der Waals surface area contributed by atoms with Crippen LogP contribution in [0, 0.1) is 0 Å². The molecule has 3 rings (SSSR count). The SMILES string of the molecule is NC(=O)c1ccc2[nH]c3cc(C=O)ccc3c2c1Br. The number of benzene rings is 2. The molecule has 5 heteroatoms. The van der Waals surface area contributed by atoms with E-state index in [9.17, 15) is 9.59 Å². The maximum absolute atomic E-state index is 11.4. The van der Waals surface area contributed by atoms with Crippen LogP contribution in [0.3, 0.4) is 0 Å². The molecule has 0 saturated heterocycles. The Bertz CT molecular complexity index is 836. The summed E-state index contributed by atoms with van der Waals surface area (Å²) in [6.45, 7) is 0. The van der Waals surface area contributed by atoms with E-state index in [0.717, 1.165) is 28.1 Å². The zero-order chi connectivity index (χ0) is 13.6. The minimum Gasteiger partial charge on any atom is -0.366 e. The first-order valence-electron chi connectivity index (χ1n) is 5.60. The number of aromatic amines is 1. The Morgan fingerprint density at radius 2 is 2.00 bits per heavy atom. The van der Waals surface area contributed by atoms with E-state index in [1.807, 2.05) is 6.07 Å². The van der Waals surface area contributed by atoms with Crippen LogP contribution >= 0.6 is 15.9 Å². The van der Waals surface area contributed by atoms with Crippen LogP contribution in [0.4, 0.5) is 0 Å². The molecule has 0 aliphatic carbocycles. The molecule has 0 unspecified atom stereocenters. The number of nitrogens with two attached hydrogens (primary N) is 1. The number of aromatic nitrogens is 1. The van der Waals surface area contributed by atoms with Crippen LogP contribution in [0.15, 0.2) is 34.8 Å². The molecule has 0 aliphatic heterocycles. The summed E-state index contributed by atoms with van der Waals surface area (Å²) in [7, 11) is 0. The van der Waals surface area contributed by atoms with Gasteiger partial charge in [-0.25, -0.2) is 0 Å². The molecular formula is C14H9BrN2O2. The molecule has 0 bridgehead atoms. The Kier molecular flexibility index (Phi) is 2.64. The molecule has 0 aliphatic rings. The number of fused-ring (bicyclic) bond motifs is 3. The number of H-pyrrole nitrogens is 1. The highest BCUT2D eigenvalue weighted by atomic mass is 79.9. The fourth-order valence-corrected chi connectivity index (χ4v) is 2.99. The summed E-state index contributed by atoms with van der Waals surface area (Å²) in [6.07, 6.45) is 0.800. The smallest absolute Gasteiger partial charge is 0.249 e. The summed E-state index contributed by atoms with van der Waals surface area (Å²) in [4.78, 5) is 25.4. The molecule has 94 valence electrons. The van der Waals surface area contributed by atoms with Gasteiger partial charge in [-0.15, -0.1) is 0 Å². The Balaban J connectivity index is 2.45. The van der Waals surface area contributed by atoms with E-state index in [0.29, 0.717) is 15.6 Å². The second-order valence-electron chi connectivity index (χ2n) is 4.26. The minimum absolute atomic E-state index is 0.438. The predicted octanol–water partition coefficient (Wildman–Crippen LogP) is 3.00. The van der Waals surface area contributed by atoms with Crippen molar-refractivity contribution in [3.8, 4) is 0 Å². The first kappa shape index (κ1) is 11.9. The molecule has 0 atom stereocenters. The molecule has 0 fully saturated rings. The average Bonchev–Trinajstić information content (AvgIpc) is 2.76. The van der Waals surface area contributed by atoms with Crippen molar-refractivity contribution < 1.29 is 9.59 Å². The number of amides is 1. The van der Waals surface area contributed by atoms with E-state index in [1.54, 1.807) is 24.3 Å². The Morgan fingerprint density at radius 1 is 1.21 bits per heavy atom. The normalized spacial score (nSPS) is 11.0. The van der Waals surface area contributed by atoms with Crippen molar-refractivity contribution in [2.24, 2.45) is 5.73 Å². The lowest BCUT2D eigenvalue weighted by atomic mass is 10.1. The lowest BCUT2D eigenvalue weighted by Gasteiger charge is -2.01. The van der Waals surface area contributed by atoms with Gasteiger partial charge >= 0.3 is 0 Å². The van der Waals surface area contributed by atoms with E-state index < -0.39 is 5.91 Å². The first-order valence-corrected chi connectivity index (χ1v) is 6.40. The van der Waals surface area contributed by atoms with Gasteiger partial charge in [-0.05, 0) is 34.1 Å². The third-order valence-corrected chi connectivity index (χ3v) is 3.95. The molecule has 2 aromatic carbocycles. The van der Waals surface area contributed by atoms with E-state index in [1.165, 1.54) is 0 Å². The van der Waals surface area contributed by atoms with Gasteiger partial charge in [0.25, 0.3) is 0 Å². The maximum atomic E-state index is 11.4. The van der Waals surface area contributed by atoms with Gasteiger partial charge in [0, 0.05) is 31.8 Å². The van der Waals surface area contributed by atoms with Crippen molar-refractivity contribution in [1.82, 2.24) is 4.98 Å². The van der Waals surface area contributed by atoms with E-state index in [-0.39, 0.29) is 0 Å². The molecule has 1 aromatic heterocycles. The van der Waals surface area contributed by atoms with E-state index in [2.05, 4.69) is 20.9 Å². The second-order valence-corrected chi connectivity index (χ2v) is 5.05. The highest BCUT2D eigenvalue weighted by Gasteiger charge is 2.14. The topological polar surface area (TPSA) is 76.0 Å². The summed E-state index contributed by atoms with van der Waals surface area (Å²) in [5.41, 5.74) is 8.11. The number of hydrogen-bond acceptors (Lipinski definition) is 2. The van der Waals surface area contributed by atoms with Crippen LogP contribution in [0.1, 0.15) is 20.7 Å². The van der Waals surface area contributed by atoms with E-state index >= 15 is 0 Å². The van der Waals surface area contributed by atoms with Gasteiger partial charge in [0.2, 0.25) is 5.91 Å². The molecule has 0 saturated carbocycles. The molecule has 1 heterocycles. The van der Waals surface area contributed by atoms with Gasteiger partial charge in [0.15, 0.2) is 0 Å². The fourth-order valence-electron chi connectivity index (χ4n) is 2.24. The standard InChI is InChI=1S/C14H9BrN2O2/c15-13-9(14(16)19)3-4-10-12(13)8-2-1-7(6-18)5-11(8)17-10/h1-6,17H,(H2,16,19). The van der Waals surface area contributed by atoms with Crippen LogP contribution < -0.4 is 5.73 Å². The molecule has 0 spiro atoms. The monoisotopic (exact) mass is 316 g/mol. The number of carbonyl (C=O) groups excluding carboxylic acids is 2. The minimum atomic E-state index is -0.479. The Hall–Kier alpha value is -2.14. The van der Waals surface area contributed by atoms with Crippen LogP contribution in [0.5, 0.6) is 0 Å². The van der Waals surface area contributed by atoms with Crippen molar-refractivity contribution in [2.75, 3.05) is 0 Å². The molecule has 0 radical (unpaired) electrons. The molecule has 1 amide bonds. The fraction of sp³-hybridized carbons (Fsp3) is 0. The zero-order valence-corrected chi connectivity index (χ0v) is 11.3. The summed E-state index contributed by atoms with van der Waals surface area (Å²) in [5, 5.41) is 1.83. The average molecular weight is 317 g/mol. The van der Waals surface area contributed by atoms with Crippen molar-refractivity contribution in [2.45, 2.75) is 0 Å². The Labute approximate surface area is 116 Å². The molecule has 3 aromatic rings. The highest BCUT2D eigenvalue weighted by molar-refractivity contribution is 9.10. The van der Waals surface area contributed by atoms with Crippen LogP contribution in [-0.4, -0.2) is 17.2 Å². The molecular weight excluding hydrogens is 308 g/mol. The van der Waals surface area contributed by atoms with Gasteiger partial charge in [0.1, 0.15) is 6.29 Å². The van der Waals surface area contributed by atoms with Gasteiger partial charge < -0.3 is 10.7 Å². The van der Waals surface area contributed by atoms with E-state index in [4.69, 9.17) is 5.73 Å². The number of primary amides is 1. The number of carbonyl (C=O) groups is 2. The number of nitrogens with one attached hydrogen (secondary N) is 1. The summed E-state index contributed by atoms with van der Waals surface area (Å²) < 4.78 is 0.669. The van der Waals surface area contributed by atoms with Crippen LogP contribution in [0.25, 0.3) is 21.8 Å². The lowest BCUT2D eigenvalue weighted by molar-refractivity contribution is 0.0999. The number of hydrogen-bond donors (Lipinski definition) is 2. The molecule has 19 heavy (non-hydrogen) atoms. The molecule has 3 N–H and O–H groups in total. The quantitative estimate of drug-likeness (QED) is 0.713. The third-order valence-electron chi connectivity index (χ3n) is 3.13.